The lowest BCUT2D eigenvalue weighted by Gasteiger charge is -2.31. The van der Waals surface area contributed by atoms with Gasteiger partial charge < -0.3 is 5.32 Å². The summed E-state index contributed by atoms with van der Waals surface area (Å²) in [6.07, 6.45) is 6.78. The van der Waals surface area contributed by atoms with Crippen molar-refractivity contribution in [2.45, 2.75) is 64.5 Å². The fourth-order valence-electron chi connectivity index (χ4n) is 4.33. The quantitative estimate of drug-likeness (QED) is 0.598. The first kappa shape index (κ1) is 23.6. The Morgan fingerprint density at radius 3 is 2.39 bits per heavy atom. The minimum Gasteiger partial charge on any atom is -0.347 e. The molecule has 0 spiro atoms. The summed E-state index contributed by atoms with van der Waals surface area (Å²) in [7, 11) is -3.70. The topological polar surface area (TPSA) is 66.5 Å². The van der Waals surface area contributed by atoms with Crippen LogP contribution >= 0.6 is 11.6 Å². The predicted octanol–water partition coefficient (Wildman–Crippen LogP) is 5.03. The molecule has 0 heterocycles. The van der Waals surface area contributed by atoms with Crippen LogP contribution in [0.25, 0.3) is 0 Å². The van der Waals surface area contributed by atoms with Gasteiger partial charge in [-0.25, -0.2) is 8.42 Å². The lowest BCUT2D eigenvalue weighted by molar-refractivity contribution is -0.123. The van der Waals surface area contributed by atoms with Gasteiger partial charge in [0, 0.05) is 5.02 Å². The van der Waals surface area contributed by atoms with Gasteiger partial charge in [-0.2, -0.15) is 0 Å². The van der Waals surface area contributed by atoms with Gasteiger partial charge in [0.2, 0.25) is 15.9 Å². The standard InChI is InChI=1S/C24H31ClN2O3S/c1-4-22(19-14-13-17-9-6-7-10-18(17)15-19)26-24(28)23(5-2)27(31(3,29)30)21-12-8-11-20(25)16-21/h8,11-16,22-23H,4-7,9-10H2,1-3H3,(H,26,28). The summed E-state index contributed by atoms with van der Waals surface area (Å²) in [6, 6.07) is 12.0. The molecule has 2 unspecified atom stereocenters. The maximum absolute atomic E-state index is 13.3. The Labute approximate surface area is 190 Å². The highest BCUT2D eigenvalue weighted by Crippen LogP contribution is 2.28. The second-order valence-corrected chi connectivity index (χ2v) is 10.5. The van der Waals surface area contributed by atoms with E-state index in [1.165, 1.54) is 28.3 Å². The molecule has 2 atom stereocenters. The number of hydrogen-bond acceptors (Lipinski definition) is 3. The molecule has 0 saturated heterocycles. The lowest BCUT2D eigenvalue weighted by Crippen LogP contribution is -2.50. The van der Waals surface area contributed by atoms with Gasteiger partial charge in [0.15, 0.2) is 0 Å². The molecule has 0 saturated carbocycles. The summed E-state index contributed by atoms with van der Waals surface area (Å²) in [6.45, 7) is 3.84. The molecule has 1 amide bonds. The number of nitrogens with zero attached hydrogens (tertiary/aromatic N) is 1. The highest BCUT2D eigenvalue weighted by Gasteiger charge is 2.32. The highest BCUT2D eigenvalue weighted by atomic mass is 35.5. The lowest BCUT2D eigenvalue weighted by atomic mass is 9.88. The SMILES string of the molecule is CCC(NC(=O)C(CC)N(c1cccc(Cl)c1)S(C)(=O)=O)c1ccc2c(c1)CCCC2. The summed E-state index contributed by atoms with van der Waals surface area (Å²) < 4.78 is 26.4. The number of halogens is 1. The van der Waals surface area contributed by atoms with Crippen molar-refractivity contribution >= 4 is 33.2 Å². The molecule has 0 radical (unpaired) electrons. The minimum absolute atomic E-state index is 0.172. The molecular formula is C24H31ClN2O3S. The van der Waals surface area contributed by atoms with Gasteiger partial charge in [0.05, 0.1) is 18.0 Å². The number of sulfonamides is 1. The van der Waals surface area contributed by atoms with Crippen molar-refractivity contribution in [1.29, 1.82) is 0 Å². The van der Waals surface area contributed by atoms with Crippen LogP contribution in [0.4, 0.5) is 5.69 Å². The van der Waals surface area contributed by atoms with E-state index in [0.29, 0.717) is 17.1 Å². The normalized spacial score (nSPS) is 15.6. The number of nitrogens with one attached hydrogen (secondary N) is 1. The molecule has 1 N–H and O–H groups in total. The van der Waals surface area contributed by atoms with E-state index in [1.54, 1.807) is 24.3 Å². The number of amides is 1. The average molecular weight is 463 g/mol. The molecule has 1 aliphatic carbocycles. The number of carbonyl (C=O) groups excluding carboxylic acids is 1. The van der Waals surface area contributed by atoms with E-state index >= 15 is 0 Å². The summed E-state index contributed by atoms with van der Waals surface area (Å²) in [5.74, 6) is -0.308. The van der Waals surface area contributed by atoms with Crippen LogP contribution in [0.5, 0.6) is 0 Å². The van der Waals surface area contributed by atoms with Gasteiger partial charge in [-0.3, -0.25) is 9.10 Å². The second-order valence-electron chi connectivity index (χ2n) is 8.17. The third kappa shape index (κ3) is 5.60. The summed E-state index contributed by atoms with van der Waals surface area (Å²) in [5.41, 5.74) is 4.21. The zero-order valence-corrected chi connectivity index (χ0v) is 20.0. The van der Waals surface area contributed by atoms with E-state index in [2.05, 4.69) is 23.5 Å². The molecule has 3 rings (SSSR count). The third-order valence-corrected chi connectivity index (χ3v) is 7.31. The summed E-state index contributed by atoms with van der Waals surface area (Å²) >= 11 is 6.09. The molecule has 0 aliphatic heterocycles. The van der Waals surface area contributed by atoms with E-state index in [4.69, 9.17) is 11.6 Å². The molecule has 2 aromatic rings. The predicted molar refractivity (Wildman–Crippen MR) is 127 cm³/mol. The molecule has 31 heavy (non-hydrogen) atoms. The molecule has 168 valence electrons. The van der Waals surface area contributed by atoms with Gasteiger partial charge in [-0.1, -0.05) is 49.7 Å². The highest BCUT2D eigenvalue weighted by molar-refractivity contribution is 7.92. The maximum Gasteiger partial charge on any atom is 0.244 e. The first-order valence-corrected chi connectivity index (χ1v) is 13.1. The number of rotatable bonds is 8. The van der Waals surface area contributed by atoms with Crippen molar-refractivity contribution in [2.24, 2.45) is 0 Å². The van der Waals surface area contributed by atoms with E-state index in [9.17, 15) is 13.2 Å². The van der Waals surface area contributed by atoms with Crippen LogP contribution in [0, 0.1) is 0 Å². The molecule has 2 aromatic carbocycles. The van der Waals surface area contributed by atoms with Crippen LogP contribution in [-0.2, 0) is 27.7 Å². The first-order chi connectivity index (χ1) is 14.7. The smallest absolute Gasteiger partial charge is 0.244 e. The van der Waals surface area contributed by atoms with Crippen LogP contribution in [0.2, 0.25) is 5.02 Å². The molecule has 7 heteroatoms. The zero-order chi connectivity index (χ0) is 22.6. The molecule has 5 nitrogen and oxygen atoms in total. The Morgan fingerprint density at radius 2 is 1.77 bits per heavy atom. The number of benzene rings is 2. The summed E-state index contributed by atoms with van der Waals surface area (Å²) in [4.78, 5) is 13.3. The molecule has 0 fully saturated rings. The van der Waals surface area contributed by atoms with E-state index < -0.39 is 16.1 Å². The largest absolute Gasteiger partial charge is 0.347 e. The summed E-state index contributed by atoms with van der Waals surface area (Å²) in [5, 5.41) is 3.52. The Bertz CT molecular complexity index is 1040. The van der Waals surface area contributed by atoms with Crippen molar-refractivity contribution < 1.29 is 13.2 Å². The van der Waals surface area contributed by atoms with E-state index in [-0.39, 0.29) is 11.9 Å². The Kier molecular flexibility index (Phi) is 7.65. The second kappa shape index (κ2) is 10.0. The number of carbonyl (C=O) groups is 1. The van der Waals surface area contributed by atoms with Gasteiger partial charge in [-0.05, 0) is 73.4 Å². The van der Waals surface area contributed by atoms with Gasteiger partial charge in [0.1, 0.15) is 6.04 Å². The van der Waals surface area contributed by atoms with Crippen LogP contribution in [0.15, 0.2) is 42.5 Å². The minimum atomic E-state index is -3.70. The number of anilines is 1. The van der Waals surface area contributed by atoms with Crippen molar-refractivity contribution in [1.82, 2.24) is 5.32 Å². The molecule has 0 aromatic heterocycles. The number of aryl methyl sites for hydroxylation is 2. The average Bonchev–Trinajstić information content (AvgIpc) is 2.74. The Balaban J connectivity index is 1.87. The molecular weight excluding hydrogens is 432 g/mol. The van der Waals surface area contributed by atoms with Crippen molar-refractivity contribution in [3.05, 3.63) is 64.2 Å². The van der Waals surface area contributed by atoms with Crippen molar-refractivity contribution in [2.75, 3.05) is 10.6 Å². The fraction of sp³-hybridized carbons (Fsp3) is 0.458. The van der Waals surface area contributed by atoms with Gasteiger partial charge in [-0.15, -0.1) is 0 Å². The molecule has 1 aliphatic rings. The van der Waals surface area contributed by atoms with E-state index in [1.807, 2.05) is 13.8 Å². The maximum atomic E-state index is 13.3. The first-order valence-electron chi connectivity index (χ1n) is 10.9. The Morgan fingerprint density at radius 1 is 1.06 bits per heavy atom. The van der Waals surface area contributed by atoms with Crippen LogP contribution in [0.3, 0.4) is 0 Å². The number of fused-ring (bicyclic) bond motifs is 1. The third-order valence-electron chi connectivity index (χ3n) is 5.89. The Hall–Kier alpha value is -2.05. The van der Waals surface area contributed by atoms with E-state index in [0.717, 1.165) is 31.1 Å². The zero-order valence-electron chi connectivity index (χ0n) is 18.4. The fourth-order valence-corrected chi connectivity index (χ4v) is 5.72. The van der Waals surface area contributed by atoms with Crippen molar-refractivity contribution in [3.8, 4) is 0 Å². The van der Waals surface area contributed by atoms with Crippen LogP contribution in [0.1, 0.15) is 62.3 Å². The van der Waals surface area contributed by atoms with Gasteiger partial charge >= 0.3 is 0 Å². The number of hydrogen-bond donors (Lipinski definition) is 1. The van der Waals surface area contributed by atoms with Crippen LogP contribution in [-0.4, -0.2) is 26.6 Å². The van der Waals surface area contributed by atoms with Gasteiger partial charge in [0.25, 0.3) is 0 Å². The monoisotopic (exact) mass is 462 g/mol. The van der Waals surface area contributed by atoms with Crippen LogP contribution < -0.4 is 9.62 Å². The molecule has 0 bridgehead atoms. The van der Waals surface area contributed by atoms with Crippen molar-refractivity contribution in [3.63, 3.8) is 0 Å².